The van der Waals surface area contributed by atoms with Crippen molar-refractivity contribution in [1.29, 1.82) is 0 Å². The van der Waals surface area contributed by atoms with Crippen molar-refractivity contribution >= 4 is 11.9 Å². The highest BCUT2D eigenvalue weighted by Crippen LogP contribution is 2.01. The van der Waals surface area contributed by atoms with Crippen molar-refractivity contribution in [3.05, 3.63) is 12.8 Å². The van der Waals surface area contributed by atoms with Crippen LogP contribution < -0.4 is 0 Å². The summed E-state index contributed by atoms with van der Waals surface area (Å²) in [6, 6.07) is 0. The average molecular weight is 230 g/mol. The van der Waals surface area contributed by atoms with E-state index in [2.05, 4.69) is 6.58 Å². The molecule has 5 heteroatoms. The van der Waals surface area contributed by atoms with Gasteiger partial charge in [0.1, 0.15) is 6.42 Å². The number of carbonyl (C=O) groups is 2. The molecule has 1 N–H and O–H groups in total. The van der Waals surface area contributed by atoms with Crippen LogP contribution in [0.4, 0.5) is 0 Å². The summed E-state index contributed by atoms with van der Waals surface area (Å²) in [5, 5.41) is 8.28. The van der Waals surface area contributed by atoms with E-state index >= 15 is 0 Å². The van der Waals surface area contributed by atoms with Crippen LogP contribution in [0.2, 0.25) is 0 Å². The minimum Gasteiger partial charge on any atom is -0.502 e. The van der Waals surface area contributed by atoms with Crippen LogP contribution in [0.5, 0.6) is 0 Å². The fraction of sp³-hybridized carbons (Fsp3) is 0.636. The Bertz CT molecular complexity index is 224. The lowest BCUT2D eigenvalue weighted by Crippen LogP contribution is -2.11. The van der Waals surface area contributed by atoms with Gasteiger partial charge in [-0.3, -0.25) is 9.59 Å². The molecular formula is C11H18O5. The topological polar surface area (TPSA) is 72.8 Å². The maximum atomic E-state index is 10.8. The molecular weight excluding hydrogens is 212 g/mol. The number of carboxylic acids is 1. The van der Waals surface area contributed by atoms with Gasteiger partial charge in [-0.05, 0) is 25.7 Å². The molecule has 0 aromatic rings. The summed E-state index contributed by atoms with van der Waals surface area (Å²) < 4.78 is 9.65. The van der Waals surface area contributed by atoms with Crippen molar-refractivity contribution < 1.29 is 24.2 Å². The Morgan fingerprint density at radius 1 is 1.12 bits per heavy atom. The number of carbonyl (C=O) groups excluding carboxylic acids is 1. The molecule has 0 rings (SSSR count). The maximum absolute atomic E-state index is 10.8. The summed E-state index contributed by atoms with van der Waals surface area (Å²) in [6.45, 7) is 4.36. The fourth-order valence-electron chi connectivity index (χ4n) is 1.08. The van der Waals surface area contributed by atoms with E-state index in [1.165, 1.54) is 6.26 Å². The second kappa shape index (κ2) is 10.0. The van der Waals surface area contributed by atoms with Crippen molar-refractivity contribution in [2.75, 3.05) is 13.2 Å². The van der Waals surface area contributed by atoms with Crippen LogP contribution in [-0.2, 0) is 19.1 Å². The van der Waals surface area contributed by atoms with E-state index in [-0.39, 0.29) is 6.61 Å². The first-order chi connectivity index (χ1) is 7.66. The molecule has 0 aromatic carbocycles. The molecule has 0 amide bonds. The molecule has 0 unspecified atom stereocenters. The minimum atomic E-state index is -1.16. The number of rotatable bonds is 10. The van der Waals surface area contributed by atoms with Gasteiger partial charge in [-0.1, -0.05) is 6.58 Å². The van der Waals surface area contributed by atoms with E-state index in [4.69, 9.17) is 14.6 Å². The molecule has 0 saturated carbocycles. The fourth-order valence-corrected chi connectivity index (χ4v) is 1.08. The standard InChI is InChI=1S/C11H18O5/c1-2-15-7-5-3-4-6-8-16-11(14)9-10(12)13/h2H,1,3-9H2,(H,12,13). The van der Waals surface area contributed by atoms with Crippen LogP contribution in [0.25, 0.3) is 0 Å². The van der Waals surface area contributed by atoms with E-state index in [0.717, 1.165) is 25.7 Å². The molecule has 0 bridgehead atoms. The van der Waals surface area contributed by atoms with Gasteiger partial charge in [0.2, 0.25) is 0 Å². The number of esters is 1. The highest BCUT2D eigenvalue weighted by atomic mass is 16.5. The highest BCUT2D eigenvalue weighted by molar-refractivity contribution is 5.90. The smallest absolute Gasteiger partial charge is 0.317 e. The molecule has 0 aliphatic rings. The maximum Gasteiger partial charge on any atom is 0.317 e. The molecule has 0 atom stereocenters. The predicted molar refractivity (Wildman–Crippen MR) is 57.8 cm³/mol. The molecule has 92 valence electrons. The number of hydrogen-bond acceptors (Lipinski definition) is 4. The van der Waals surface area contributed by atoms with Gasteiger partial charge in [-0.15, -0.1) is 0 Å². The van der Waals surface area contributed by atoms with E-state index in [1.807, 2.05) is 0 Å². The number of unbranched alkanes of at least 4 members (excludes halogenated alkanes) is 3. The van der Waals surface area contributed by atoms with Crippen LogP contribution in [0, 0.1) is 0 Å². The Kier molecular flexibility index (Phi) is 9.06. The van der Waals surface area contributed by atoms with E-state index in [1.54, 1.807) is 0 Å². The van der Waals surface area contributed by atoms with Gasteiger partial charge in [0.05, 0.1) is 19.5 Å². The third-order valence-corrected chi connectivity index (χ3v) is 1.83. The predicted octanol–water partition coefficient (Wildman–Crippen LogP) is 1.72. The second-order valence-corrected chi connectivity index (χ2v) is 3.24. The average Bonchev–Trinajstić information content (AvgIpc) is 2.21. The van der Waals surface area contributed by atoms with Crippen LogP contribution >= 0.6 is 0 Å². The van der Waals surface area contributed by atoms with Crippen molar-refractivity contribution in [3.63, 3.8) is 0 Å². The van der Waals surface area contributed by atoms with Gasteiger partial charge >= 0.3 is 11.9 Å². The summed E-state index contributed by atoms with van der Waals surface area (Å²) in [5.41, 5.74) is 0. The Balaban J connectivity index is 3.17. The normalized spacial score (nSPS) is 9.50. The van der Waals surface area contributed by atoms with Crippen LogP contribution in [0.1, 0.15) is 32.1 Å². The zero-order valence-corrected chi connectivity index (χ0v) is 9.31. The Hall–Kier alpha value is -1.52. The molecule has 0 saturated heterocycles. The number of carboxylic acid groups (broad SMARTS) is 1. The monoisotopic (exact) mass is 230 g/mol. The first-order valence-corrected chi connectivity index (χ1v) is 5.26. The summed E-state index contributed by atoms with van der Waals surface area (Å²) in [5.74, 6) is -1.84. The van der Waals surface area contributed by atoms with Gasteiger partial charge < -0.3 is 14.6 Å². The molecule has 0 aliphatic heterocycles. The number of hydrogen-bond donors (Lipinski definition) is 1. The highest BCUT2D eigenvalue weighted by Gasteiger charge is 2.07. The van der Waals surface area contributed by atoms with Gasteiger partial charge in [0.25, 0.3) is 0 Å². The second-order valence-electron chi connectivity index (χ2n) is 3.24. The third-order valence-electron chi connectivity index (χ3n) is 1.83. The Morgan fingerprint density at radius 2 is 1.75 bits per heavy atom. The largest absolute Gasteiger partial charge is 0.502 e. The quantitative estimate of drug-likeness (QED) is 0.268. The lowest BCUT2D eigenvalue weighted by Gasteiger charge is -2.03. The molecule has 0 radical (unpaired) electrons. The van der Waals surface area contributed by atoms with Crippen molar-refractivity contribution in [2.45, 2.75) is 32.1 Å². The van der Waals surface area contributed by atoms with Crippen LogP contribution in [-0.4, -0.2) is 30.3 Å². The Labute approximate surface area is 95.0 Å². The van der Waals surface area contributed by atoms with E-state index < -0.39 is 18.4 Å². The van der Waals surface area contributed by atoms with E-state index in [0.29, 0.717) is 6.61 Å². The zero-order valence-electron chi connectivity index (χ0n) is 9.31. The van der Waals surface area contributed by atoms with Gasteiger partial charge in [-0.25, -0.2) is 0 Å². The lowest BCUT2D eigenvalue weighted by atomic mass is 10.2. The minimum absolute atomic E-state index is 0.286. The lowest BCUT2D eigenvalue weighted by molar-refractivity contribution is -0.151. The molecule has 0 aliphatic carbocycles. The molecule has 0 aromatic heterocycles. The molecule has 0 heterocycles. The van der Waals surface area contributed by atoms with Crippen molar-refractivity contribution in [3.8, 4) is 0 Å². The van der Waals surface area contributed by atoms with Crippen LogP contribution in [0.3, 0.4) is 0 Å². The van der Waals surface area contributed by atoms with Gasteiger partial charge in [0.15, 0.2) is 0 Å². The summed E-state index contributed by atoms with van der Waals surface area (Å²) >= 11 is 0. The third kappa shape index (κ3) is 10.6. The van der Waals surface area contributed by atoms with Crippen molar-refractivity contribution in [2.24, 2.45) is 0 Å². The first-order valence-electron chi connectivity index (χ1n) is 5.26. The molecule has 0 spiro atoms. The molecule has 16 heavy (non-hydrogen) atoms. The molecule has 5 nitrogen and oxygen atoms in total. The summed E-state index contributed by atoms with van der Waals surface area (Å²) in [6.07, 6.45) is 4.46. The van der Waals surface area contributed by atoms with Crippen molar-refractivity contribution in [1.82, 2.24) is 0 Å². The summed E-state index contributed by atoms with van der Waals surface area (Å²) in [4.78, 5) is 20.9. The van der Waals surface area contributed by atoms with Crippen LogP contribution in [0.15, 0.2) is 12.8 Å². The zero-order chi connectivity index (χ0) is 12.2. The van der Waals surface area contributed by atoms with E-state index in [9.17, 15) is 9.59 Å². The SMILES string of the molecule is C=COCCCCCCOC(=O)CC(=O)O. The molecule has 0 fully saturated rings. The Morgan fingerprint density at radius 3 is 2.31 bits per heavy atom. The van der Waals surface area contributed by atoms with Gasteiger partial charge in [0, 0.05) is 0 Å². The number of ether oxygens (including phenoxy) is 2. The number of aliphatic carboxylic acids is 1. The summed E-state index contributed by atoms with van der Waals surface area (Å²) in [7, 11) is 0. The first kappa shape index (κ1) is 14.5. The van der Waals surface area contributed by atoms with Gasteiger partial charge in [-0.2, -0.15) is 0 Å².